The van der Waals surface area contributed by atoms with E-state index >= 15 is 0 Å². The van der Waals surface area contributed by atoms with Gasteiger partial charge in [0, 0.05) is 12.2 Å². The van der Waals surface area contributed by atoms with E-state index in [1.807, 2.05) is 31.2 Å². The van der Waals surface area contributed by atoms with Crippen LogP contribution in [0.2, 0.25) is 5.02 Å². The van der Waals surface area contributed by atoms with Crippen LogP contribution in [0.15, 0.2) is 42.5 Å². The van der Waals surface area contributed by atoms with Crippen molar-refractivity contribution in [2.45, 2.75) is 19.5 Å². The molecular weight excluding hydrogens is 369 g/mol. The maximum atomic E-state index is 12.8. The lowest BCUT2D eigenvalue weighted by Gasteiger charge is -2.12. The molecule has 0 aliphatic rings. The molecule has 0 fully saturated rings. The Labute approximate surface area is 154 Å². The van der Waals surface area contributed by atoms with Gasteiger partial charge in [-0.1, -0.05) is 29.8 Å². The molecule has 0 aromatic heterocycles. The lowest BCUT2D eigenvalue weighted by molar-refractivity contribution is -0.137. The van der Waals surface area contributed by atoms with Gasteiger partial charge in [-0.25, -0.2) is 4.79 Å². The van der Waals surface area contributed by atoms with Crippen LogP contribution in [0.4, 0.5) is 23.7 Å². The van der Waals surface area contributed by atoms with Crippen LogP contribution < -0.4 is 15.4 Å². The summed E-state index contributed by atoms with van der Waals surface area (Å²) < 4.78 is 44.0. The van der Waals surface area contributed by atoms with Gasteiger partial charge in [-0.05, 0) is 43.2 Å². The number of para-hydroxylation sites is 1. The summed E-state index contributed by atoms with van der Waals surface area (Å²) in [6.07, 6.45) is -4.03. The molecule has 8 heteroatoms. The van der Waals surface area contributed by atoms with Crippen LogP contribution in [0.3, 0.4) is 0 Å². The van der Waals surface area contributed by atoms with E-state index in [4.69, 9.17) is 16.3 Å². The highest BCUT2D eigenvalue weighted by atomic mass is 35.5. The van der Waals surface area contributed by atoms with Gasteiger partial charge in [0.25, 0.3) is 0 Å². The molecule has 2 amide bonds. The predicted octanol–water partition coefficient (Wildman–Crippen LogP) is 5.26. The number of urea groups is 1. The fraction of sp³-hybridized carbons (Fsp3) is 0.278. The Morgan fingerprint density at radius 2 is 1.92 bits per heavy atom. The van der Waals surface area contributed by atoms with Crippen molar-refractivity contribution >= 4 is 23.3 Å². The van der Waals surface area contributed by atoms with Gasteiger partial charge >= 0.3 is 12.2 Å². The first-order chi connectivity index (χ1) is 12.3. The molecule has 0 saturated carbocycles. The summed E-state index contributed by atoms with van der Waals surface area (Å²) in [6.45, 7) is 2.66. The van der Waals surface area contributed by atoms with Gasteiger partial charge < -0.3 is 15.4 Å². The molecular formula is C18H18ClF3N2O2. The van der Waals surface area contributed by atoms with E-state index in [1.165, 1.54) is 6.07 Å². The highest BCUT2D eigenvalue weighted by molar-refractivity contribution is 6.31. The second-order valence-electron chi connectivity index (χ2n) is 5.54. The van der Waals surface area contributed by atoms with Crippen molar-refractivity contribution in [1.29, 1.82) is 0 Å². The van der Waals surface area contributed by atoms with Crippen LogP contribution in [0, 0.1) is 6.92 Å². The molecule has 2 aromatic carbocycles. The molecule has 0 aliphatic carbocycles. The second kappa shape index (κ2) is 8.80. The van der Waals surface area contributed by atoms with Crippen LogP contribution in [0.25, 0.3) is 0 Å². The molecule has 0 spiro atoms. The first-order valence-corrected chi connectivity index (χ1v) is 8.25. The Morgan fingerprint density at radius 3 is 2.62 bits per heavy atom. The zero-order valence-corrected chi connectivity index (χ0v) is 14.7. The maximum absolute atomic E-state index is 12.8. The van der Waals surface area contributed by atoms with Crippen molar-refractivity contribution in [1.82, 2.24) is 5.32 Å². The number of hydrogen-bond donors (Lipinski definition) is 2. The van der Waals surface area contributed by atoms with E-state index in [1.54, 1.807) is 0 Å². The van der Waals surface area contributed by atoms with E-state index < -0.39 is 22.8 Å². The summed E-state index contributed by atoms with van der Waals surface area (Å²) in [5.74, 6) is 0.776. The van der Waals surface area contributed by atoms with E-state index in [2.05, 4.69) is 10.6 Å². The number of carbonyl (C=O) groups excluding carboxylic acids is 1. The molecule has 2 aromatic rings. The molecule has 0 aliphatic heterocycles. The Morgan fingerprint density at radius 1 is 1.19 bits per heavy atom. The van der Waals surface area contributed by atoms with Gasteiger partial charge in [0.15, 0.2) is 0 Å². The van der Waals surface area contributed by atoms with Gasteiger partial charge in [0.1, 0.15) is 5.75 Å². The summed E-state index contributed by atoms with van der Waals surface area (Å²) in [6, 6.07) is 10.2. The molecule has 0 heterocycles. The normalized spacial score (nSPS) is 11.1. The minimum Gasteiger partial charge on any atom is -0.493 e. The van der Waals surface area contributed by atoms with Crippen LogP contribution >= 0.6 is 11.6 Å². The quantitative estimate of drug-likeness (QED) is 0.665. The highest BCUT2D eigenvalue weighted by Crippen LogP contribution is 2.36. The zero-order chi connectivity index (χ0) is 19.2. The van der Waals surface area contributed by atoms with E-state index in [0.717, 1.165) is 23.4 Å². The number of alkyl halides is 3. The van der Waals surface area contributed by atoms with Crippen molar-refractivity contribution in [3.05, 3.63) is 58.6 Å². The van der Waals surface area contributed by atoms with Crippen LogP contribution in [-0.4, -0.2) is 19.2 Å². The van der Waals surface area contributed by atoms with Crippen molar-refractivity contribution in [3.8, 4) is 5.75 Å². The predicted molar refractivity (Wildman–Crippen MR) is 94.8 cm³/mol. The summed E-state index contributed by atoms with van der Waals surface area (Å²) in [7, 11) is 0. The Kier molecular flexibility index (Phi) is 6.74. The van der Waals surface area contributed by atoms with E-state index in [9.17, 15) is 18.0 Å². The monoisotopic (exact) mass is 386 g/mol. The summed E-state index contributed by atoms with van der Waals surface area (Å²) in [5, 5.41) is 4.49. The van der Waals surface area contributed by atoms with Gasteiger partial charge in [0.05, 0.1) is 17.2 Å². The molecule has 0 atom stereocenters. The Balaban J connectivity index is 1.76. The van der Waals surface area contributed by atoms with E-state index in [0.29, 0.717) is 19.6 Å². The third-order valence-corrected chi connectivity index (χ3v) is 3.82. The number of rotatable bonds is 6. The zero-order valence-electron chi connectivity index (χ0n) is 14.0. The molecule has 0 unspecified atom stereocenters. The summed E-state index contributed by atoms with van der Waals surface area (Å²) >= 11 is 5.54. The number of hydrogen-bond acceptors (Lipinski definition) is 2. The molecule has 0 saturated heterocycles. The van der Waals surface area contributed by atoms with Crippen molar-refractivity contribution in [2.24, 2.45) is 0 Å². The van der Waals surface area contributed by atoms with Crippen LogP contribution in [0.5, 0.6) is 5.75 Å². The number of amides is 2. The maximum Gasteiger partial charge on any atom is 0.417 e. The van der Waals surface area contributed by atoms with Crippen molar-refractivity contribution in [3.63, 3.8) is 0 Å². The Hall–Kier alpha value is -2.41. The van der Waals surface area contributed by atoms with E-state index in [-0.39, 0.29) is 5.69 Å². The topological polar surface area (TPSA) is 50.4 Å². The van der Waals surface area contributed by atoms with Gasteiger partial charge in [0.2, 0.25) is 0 Å². The average molecular weight is 387 g/mol. The second-order valence-corrected chi connectivity index (χ2v) is 5.95. The summed E-state index contributed by atoms with van der Waals surface area (Å²) in [5.41, 5.74) is 0.0281. The lowest BCUT2D eigenvalue weighted by atomic mass is 10.2. The molecule has 0 radical (unpaired) electrons. The third-order valence-electron chi connectivity index (χ3n) is 3.49. The smallest absolute Gasteiger partial charge is 0.417 e. The number of halogens is 4. The SMILES string of the molecule is Cc1ccccc1OCCCNC(=O)Nc1ccc(Cl)c(C(F)(F)F)c1. The number of benzene rings is 2. The Bertz CT molecular complexity index is 766. The molecule has 4 nitrogen and oxygen atoms in total. The van der Waals surface area contributed by atoms with Gasteiger partial charge in [-0.2, -0.15) is 13.2 Å². The number of aryl methyl sites for hydroxylation is 1. The fourth-order valence-electron chi connectivity index (χ4n) is 2.17. The third kappa shape index (κ3) is 5.84. The van der Waals surface area contributed by atoms with Crippen LogP contribution in [0.1, 0.15) is 17.5 Å². The van der Waals surface area contributed by atoms with Crippen molar-refractivity contribution < 1.29 is 22.7 Å². The average Bonchev–Trinajstić information content (AvgIpc) is 2.57. The molecule has 2 N–H and O–H groups in total. The molecule has 0 bridgehead atoms. The number of ether oxygens (including phenoxy) is 1. The lowest BCUT2D eigenvalue weighted by Crippen LogP contribution is -2.30. The number of anilines is 1. The minimum absolute atomic E-state index is 0.00962. The first-order valence-electron chi connectivity index (χ1n) is 7.87. The summed E-state index contributed by atoms with van der Waals surface area (Å²) in [4.78, 5) is 11.8. The molecule has 2 rings (SSSR count). The number of carbonyl (C=O) groups is 1. The largest absolute Gasteiger partial charge is 0.493 e. The minimum atomic E-state index is -4.59. The van der Waals surface area contributed by atoms with Crippen molar-refractivity contribution in [2.75, 3.05) is 18.5 Å². The standard InChI is InChI=1S/C18H18ClF3N2O2/c1-12-5-2-3-6-16(12)26-10-4-9-23-17(25)24-13-7-8-15(19)14(11-13)18(20,21)22/h2-3,5-8,11H,4,9-10H2,1H3,(H2,23,24,25). The molecule has 140 valence electrons. The highest BCUT2D eigenvalue weighted by Gasteiger charge is 2.33. The molecule has 26 heavy (non-hydrogen) atoms. The van der Waals surface area contributed by atoms with Gasteiger partial charge in [-0.15, -0.1) is 0 Å². The van der Waals surface area contributed by atoms with Gasteiger partial charge in [-0.3, -0.25) is 0 Å². The fourth-order valence-corrected chi connectivity index (χ4v) is 2.39. The van der Waals surface area contributed by atoms with Crippen LogP contribution in [-0.2, 0) is 6.18 Å². The first kappa shape index (κ1) is 19.9. The number of nitrogens with one attached hydrogen (secondary N) is 2.